The fourth-order valence-corrected chi connectivity index (χ4v) is 3.58. The van der Waals surface area contributed by atoms with Gasteiger partial charge in [0.25, 0.3) is 5.56 Å². The fraction of sp³-hybridized carbons (Fsp3) is 0.474. The molecule has 7 heteroatoms. The number of aryl methyl sites for hydroxylation is 1. The Labute approximate surface area is 152 Å². The van der Waals surface area contributed by atoms with Crippen LogP contribution in [0.25, 0.3) is 0 Å². The van der Waals surface area contributed by atoms with Gasteiger partial charge in [-0.05, 0) is 25.8 Å². The molecule has 1 aromatic heterocycles. The maximum absolute atomic E-state index is 12.4. The van der Waals surface area contributed by atoms with Gasteiger partial charge in [-0.25, -0.2) is 4.98 Å². The second-order valence-electron chi connectivity index (χ2n) is 6.64. The lowest BCUT2D eigenvalue weighted by molar-refractivity contribution is 0.173. The van der Waals surface area contributed by atoms with Crippen molar-refractivity contribution in [1.29, 1.82) is 0 Å². The zero-order valence-corrected chi connectivity index (χ0v) is 15.0. The summed E-state index contributed by atoms with van der Waals surface area (Å²) in [5, 5.41) is 3.61. The van der Waals surface area contributed by atoms with E-state index in [1.165, 1.54) is 0 Å². The standard InChI is InChI=1S/C19H24N4O3/c1-2-22-11-8-20-18(19(22)24)23-9-6-15(7-10-23)21-12-14-4-3-5-16-17(14)26-13-25-16/h3-5,8,11,15,21H,2,6-7,9-10,12-13H2,1H3. The summed E-state index contributed by atoms with van der Waals surface area (Å²) < 4.78 is 12.7. The molecule has 1 fully saturated rings. The van der Waals surface area contributed by atoms with Crippen LogP contribution in [-0.2, 0) is 13.1 Å². The molecule has 3 heterocycles. The molecular weight excluding hydrogens is 332 g/mol. The van der Waals surface area contributed by atoms with E-state index in [9.17, 15) is 4.79 Å². The Morgan fingerprint density at radius 3 is 2.92 bits per heavy atom. The Morgan fingerprint density at radius 1 is 1.27 bits per heavy atom. The van der Waals surface area contributed by atoms with Crippen molar-refractivity contribution < 1.29 is 9.47 Å². The molecule has 0 atom stereocenters. The highest BCUT2D eigenvalue weighted by Gasteiger charge is 2.23. The average Bonchev–Trinajstić information content (AvgIpc) is 3.16. The number of nitrogens with zero attached hydrogens (tertiary/aromatic N) is 3. The number of fused-ring (bicyclic) bond motifs is 1. The number of piperidine rings is 1. The van der Waals surface area contributed by atoms with Crippen molar-refractivity contribution in [2.45, 2.75) is 38.9 Å². The molecule has 0 bridgehead atoms. The van der Waals surface area contributed by atoms with E-state index in [-0.39, 0.29) is 5.56 Å². The monoisotopic (exact) mass is 356 g/mol. The van der Waals surface area contributed by atoms with Crippen LogP contribution in [0.4, 0.5) is 5.82 Å². The van der Waals surface area contributed by atoms with Crippen LogP contribution in [0.15, 0.2) is 35.4 Å². The quantitative estimate of drug-likeness (QED) is 0.880. The molecule has 0 radical (unpaired) electrons. The second kappa shape index (κ2) is 7.37. The summed E-state index contributed by atoms with van der Waals surface area (Å²) in [5.74, 6) is 2.24. The fourth-order valence-electron chi connectivity index (χ4n) is 3.58. The van der Waals surface area contributed by atoms with Crippen LogP contribution in [0, 0.1) is 0 Å². The molecule has 2 aliphatic heterocycles. The van der Waals surface area contributed by atoms with Crippen molar-refractivity contribution in [2.24, 2.45) is 0 Å². The molecule has 1 N–H and O–H groups in total. The first-order valence-corrected chi connectivity index (χ1v) is 9.17. The molecule has 138 valence electrons. The summed E-state index contributed by atoms with van der Waals surface area (Å²) >= 11 is 0. The molecule has 2 aliphatic rings. The minimum absolute atomic E-state index is 0.00148. The minimum atomic E-state index is -0.00148. The second-order valence-corrected chi connectivity index (χ2v) is 6.64. The number of rotatable bonds is 5. The predicted molar refractivity (Wildman–Crippen MR) is 98.8 cm³/mol. The number of ether oxygens (including phenoxy) is 2. The Kier molecular flexibility index (Phi) is 4.79. The Hall–Kier alpha value is -2.54. The number of para-hydroxylation sites is 1. The van der Waals surface area contributed by atoms with Crippen LogP contribution in [0.1, 0.15) is 25.3 Å². The molecule has 0 amide bonds. The van der Waals surface area contributed by atoms with E-state index in [0.29, 0.717) is 25.2 Å². The van der Waals surface area contributed by atoms with Crippen molar-refractivity contribution in [3.8, 4) is 11.5 Å². The van der Waals surface area contributed by atoms with Gasteiger partial charge in [-0.3, -0.25) is 4.79 Å². The molecule has 0 aliphatic carbocycles. The van der Waals surface area contributed by atoms with Crippen LogP contribution in [0.3, 0.4) is 0 Å². The smallest absolute Gasteiger partial charge is 0.293 e. The number of aromatic nitrogens is 2. The van der Waals surface area contributed by atoms with Crippen molar-refractivity contribution in [3.63, 3.8) is 0 Å². The minimum Gasteiger partial charge on any atom is -0.454 e. The Morgan fingerprint density at radius 2 is 2.12 bits per heavy atom. The number of anilines is 1. The van der Waals surface area contributed by atoms with Crippen LogP contribution >= 0.6 is 0 Å². The first-order valence-electron chi connectivity index (χ1n) is 9.17. The lowest BCUT2D eigenvalue weighted by Crippen LogP contribution is -2.44. The summed E-state index contributed by atoms with van der Waals surface area (Å²) in [5.41, 5.74) is 1.12. The van der Waals surface area contributed by atoms with Gasteiger partial charge in [-0.15, -0.1) is 0 Å². The van der Waals surface area contributed by atoms with Crippen molar-refractivity contribution in [2.75, 3.05) is 24.8 Å². The van der Waals surface area contributed by atoms with Gasteiger partial charge in [0.1, 0.15) is 0 Å². The molecule has 1 saturated heterocycles. The molecule has 26 heavy (non-hydrogen) atoms. The summed E-state index contributed by atoms with van der Waals surface area (Å²) in [6.45, 7) is 5.35. The van der Waals surface area contributed by atoms with Crippen LogP contribution in [-0.4, -0.2) is 35.5 Å². The van der Waals surface area contributed by atoms with Crippen molar-refractivity contribution in [1.82, 2.24) is 14.9 Å². The largest absolute Gasteiger partial charge is 0.454 e. The first kappa shape index (κ1) is 16.9. The number of hydrogen-bond donors (Lipinski definition) is 1. The predicted octanol–water partition coefficient (Wildman–Crippen LogP) is 1.75. The maximum Gasteiger partial charge on any atom is 0.293 e. The first-order chi connectivity index (χ1) is 12.8. The lowest BCUT2D eigenvalue weighted by Gasteiger charge is -2.33. The summed E-state index contributed by atoms with van der Waals surface area (Å²) in [4.78, 5) is 18.8. The number of benzene rings is 1. The van der Waals surface area contributed by atoms with Crippen molar-refractivity contribution in [3.05, 3.63) is 46.5 Å². The van der Waals surface area contributed by atoms with Crippen molar-refractivity contribution >= 4 is 5.82 Å². The zero-order valence-electron chi connectivity index (χ0n) is 15.0. The molecule has 0 saturated carbocycles. The van der Waals surface area contributed by atoms with E-state index in [1.54, 1.807) is 17.0 Å². The van der Waals surface area contributed by atoms with E-state index in [0.717, 1.165) is 49.5 Å². The Balaban J connectivity index is 1.35. The molecule has 4 rings (SSSR count). The maximum atomic E-state index is 12.4. The SMILES string of the molecule is CCn1ccnc(N2CCC(NCc3cccc4c3OCO4)CC2)c1=O. The highest BCUT2D eigenvalue weighted by Crippen LogP contribution is 2.35. The lowest BCUT2D eigenvalue weighted by atomic mass is 10.0. The molecule has 7 nitrogen and oxygen atoms in total. The van der Waals surface area contributed by atoms with E-state index >= 15 is 0 Å². The van der Waals surface area contributed by atoms with Gasteiger partial charge in [0, 0.05) is 50.2 Å². The van der Waals surface area contributed by atoms with E-state index in [4.69, 9.17) is 9.47 Å². The van der Waals surface area contributed by atoms with Gasteiger partial charge in [-0.2, -0.15) is 0 Å². The average molecular weight is 356 g/mol. The number of hydrogen-bond acceptors (Lipinski definition) is 6. The van der Waals surface area contributed by atoms with Gasteiger partial charge in [0.15, 0.2) is 17.3 Å². The summed E-state index contributed by atoms with van der Waals surface area (Å²) in [7, 11) is 0. The van der Waals surface area contributed by atoms with E-state index < -0.39 is 0 Å². The molecule has 0 unspecified atom stereocenters. The van der Waals surface area contributed by atoms with E-state index in [1.807, 2.05) is 19.1 Å². The molecular formula is C19H24N4O3. The molecule has 1 aromatic carbocycles. The van der Waals surface area contributed by atoms with Gasteiger partial charge >= 0.3 is 0 Å². The number of nitrogens with one attached hydrogen (secondary N) is 1. The third kappa shape index (κ3) is 3.26. The van der Waals surface area contributed by atoms with Gasteiger partial charge in [0.2, 0.25) is 6.79 Å². The van der Waals surface area contributed by atoms with Gasteiger partial charge in [0.05, 0.1) is 0 Å². The third-order valence-corrected chi connectivity index (χ3v) is 5.09. The Bertz CT molecular complexity index is 828. The van der Waals surface area contributed by atoms with Gasteiger partial charge < -0.3 is 24.3 Å². The van der Waals surface area contributed by atoms with Crippen LogP contribution in [0.5, 0.6) is 11.5 Å². The zero-order chi connectivity index (χ0) is 17.9. The molecule has 2 aromatic rings. The van der Waals surface area contributed by atoms with Crippen LogP contribution < -0.4 is 25.2 Å². The molecule has 0 spiro atoms. The summed E-state index contributed by atoms with van der Waals surface area (Å²) in [6.07, 6.45) is 5.41. The summed E-state index contributed by atoms with van der Waals surface area (Å²) in [6, 6.07) is 6.41. The highest BCUT2D eigenvalue weighted by molar-refractivity contribution is 5.48. The van der Waals surface area contributed by atoms with Crippen LogP contribution in [0.2, 0.25) is 0 Å². The third-order valence-electron chi connectivity index (χ3n) is 5.09. The van der Waals surface area contributed by atoms with E-state index in [2.05, 4.69) is 21.3 Å². The highest BCUT2D eigenvalue weighted by atomic mass is 16.7. The normalized spacial score (nSPS) is 16.9. The topological polar surface area (TPSA) is 68.6 Å². The van der Waals surface area contributed by atoms with Gasteiger partial charge in [-0.1, -0.05) is 12.1 Å².